The van der Waals surface area contributed by atoms with E-state index in [1.807, 2.05) is 22.9 Å². The van der Waals surface area contributed by atoms with Crippen molar-refractivity contribution in [3.8, 4) is 0 Å². The molecule has 0 aliphatic heterocycles. The molecule has 5 heteroatoms. The van der Waals surface area contributed by atoms with Crippen LogP contribution in [0.2, 0.25) is 0 Å². The molecule has 0 saturated carbocycles. The van der Waals surface area contributed by atoms with E-state index in [2.05, 4.69) is 48.6 Å². The summed E-state index contributed by atoms with van der Waals surface area (Å²) < 4.78 is 2.04. The molecule has 0 spiro atoms. The number of aromatic nitrogens is 2. The monoisotopic (exact) mass is 402 g/mol. The predicted octanol–water partition coefficient (Wildman–Crippen LogP) is 3.59. The van der Waals surface area contributed by atoms with Crippen LogP contribution in [-0.2, 0) is 25.9 Å². The van der Waals surface area contributed by atoms with E-state index in [0.717, 1.165) is 31.4 Å². The maximum atomic E-state index is 12.8. The number of benzene rings is 2. The zero-order valence-corrected chi connectivity index (χ0v) is 18.1. The highest BCUT2D eigenvalue weighted by Gasteiger charge is 2.29. The number of hydrogen-bond donors (Lipinski definition) is 1. The molecule has 1 aliphatic carbocycles. The molecule has 3 aromatic rings. The third-order valence-electron chi connectivity index (χ3n) is 5.81. The minimum atomic E-state index is -0.0163. The first-order chi connectivity index (χ1) is 14.5. The maximum Gasteiger partial charge on any atom is 0.274 e. The van der Waals surface area contributed by atoms with Crippen LogP contribution in [0.4, 0.5) is 0 Å². The van der Waals surface area contributed by atoms with Gasteiger partial charge in [-0.2, -0.15) is 5.10 Å². The molecule has 0 saturated heterocycles. The average molecular weight is 403 g/mol. The van der Waals surface area contributed by atoms with Crippen LogP contribution < -0.4 is 5.32 Å². The summed E-state index contributed by atoms with van der Waals surface area (Å²) in [4.78, 5) is 14.5. The lowest BCUT2D eigenvalue weighted by Gasteiger charge is -2.25. The Balaban J connectivity index is 1.55. The Kier molecular flexibility index (Phi) is 6.00. The number of fused-ring (bicyclic) bond motifs is 1. The van der Waals surface area contributed by atoms with Crippen molar-refractivity contribution in [1.82, 2.24) is 20.0 Å². The second-order valence-corrected chi connectivity index (χ2v) is 8.43. The Morgan fingerprint density at radius 2 is 1.90 bits per heavy atom. The Labute approximate surface area is 178 Å². The topological polar surface area (TPSA) is 50.2 Å². The molecule has 1 atom stereocenters. The Hall–Kier alpha value is -2.92. The highest BCUT2D eigenvalue weighted by Crippen LogP contribution is 2.26. The van der Waals surface area contributed by atoms with Crippen LogP contribution in [0.25, 0.3) is 0 Å². The van der Waals surface area contributed by atoms with Gasteiger partial charge in [0.1, 0.15) is 0 Å². The molecule has 1 aliphatic rings. The van der Waals surface area contributed by atoms with E-state index < -0.39 is 0 Å². The normalized spacial score (nSPS) is 15.6. The fourth-order valence-electron chi connectivity index (χ4n) is 4.22. The minimum absolute atomic E-state index is 0.0163. The fourth-order valence-corrected chi connectivity index (χ4v) is 4.22. The molecule has 1 heterocycles. The van der Waals surface area contributed by atoms with E-state index in [9.17, 15) is 4.79 Å². The fraction of sp³-hybridized carbons (Fsp3) is 0.360. The maximum absolute atomic E-state index is 12.8. The van der Waals surface area contributed by atoms with E-state index >= 15 is 0 Å². The summed E-state index contributed by atoms with van der Waals surface area (Å²) in [5.41, 5.74) is 6.70. The van der Waals surface area contributed by atoms with Gasteiger partial charge < -0.3 is 10.2 Å². The van der Waals surface area contributed by atoms with Gasteiger partial charge in [-0.1, -0.05) is 60.2 Å². The van der Waals surface area contributed by atoms with Crippen molar-refractivity contribution in [1.29, 1.82) is 0 Å². The summed E-state index contributed by atoms with van der Waals surface area (Å²) in [5.74, 6) is -0.0163. The molecule has 5 nitrogen and oxygen atoms in total. The van der Waals surface area contributed by atoms with E-state index in [4.69, 9.17) is 5.10 Å². The molecular formula is C25H30N4O. The molecule has 0 fully saturated rings. The first-order valence-electron chi connectivity index (χ1n) is 10.6. The number of aryl methyl sites for hydroxylation is 1. The van der Waals surface area contributed by atoms with Gasteiger partial charge in [0.25, 0.3) is 5.91 Å². The zero-order chi connectivity index (χ0) is 21.1. The summed E-state index contributed by atoms with van der Waals surface area (Å²) in [7, 11) is 3.59. The number of nitrogens with zero attached hydrogens (tertiary/aromatic N) is 3. The van der Waals surface area contributed by atoms with Crippen molar-refractivity contribution in [2.24, 2.45) is 0 Å². The molecule has 0 bridgehead atoms. The van der Waals surface area contributed by atoms with Crippen LogP contribution >= 0.6 is 0 Å². The lowest BCUT2D eigenvalue weighted by atomic mass is 9.90. The smallest absolute Gasteiger partial charge is 0.274 e. The summed E-state index contributed by atoms with van der Waals surface area (Å²) in [5, 5.41) is 8.47. The molecule has 0 radical (unpaired) electrons. The lowest BCUT2D eigenvalue weighted by Crippen LogP contribution is -2.35. The number of hydrogen-bond acceptors (Lipinski definition) is 3. The van der Waals surface area contributed by atoms with E-state index in [1.54, 1.807) is 19.0 Å². The van der Waals surface area contributed by atoms with Crippen LogP contribution in [0.5, 0.6) is 0 Å². The number of carbonyl (C=O) groups excluding carboxylic acids is 1. The first kappa shape index (κ1) is 20.4. The van der Waals surface area contributed by atoms with Crippen LogP contribution in [0.1, 0.15) is 44.9 Å². The van der Waals surface area contributed by atoms with Gasteiger partial charge in [0.2, 0.25) is 0 Å². The highest BCUT2D eigenvalue weighted by atomic mass is 16.2. The van der Waals surface area contributed by atoms with Crippen LogP contribution in [-0.4, -0.2) is 40.7 Å². The van der Waals surface area contributed by atoms with Gasteiger partial charge in [0.15, 0.2) is 5.69 Å². The Morgan fingerprint density at radius 3 is 2.63 bits per heavy atom. The lowest BCUT2D eigenvalue weighted by molar-refractivity contribution is 0.0820. The third-order valence-corrected chi connectivity index (χ3v) is 5.81. The number of nitrogens with one attached hydrogen (secondary N) is 1. The van der Waals surface area contributed by atoms with Crippen molar-refractivity contribution in [3.63, 3.8) is 0 Å². The standard InChI is InChI=1S/C25H30N4O/c1-18-8-7-11-20(14-18)16-26-21-12-13-23-22(15-21)24(25(30)28(2)3)27-29(23)17-19-9-5-4-6-10-19/h4-11,14,21,26H,12-13,15-17H2,1-3H3/t21-/m1/s1. The molecule has 1 aromatic heterocycles. The second-order valence-electron chi connectivity index (χ2n) is 8.43. The molecular weight excluding hydrogens is 372 g/mol. The molecule has 4 rings (SSSR count). The second kappa shape index (κ2) is 8.84. The Bertz CT molecular complexity index is 1020. The molecule has 156 valence electrons. The minimum Gasteiger partial charge on any atom is -0.343 e. The van der Waals surface area contributed by atoms with Crippen LogP contribution in [0, 0.1) is 6.92 Å². The summed E-state index contributed by atoms with van der Waals surface area (Å²) in [6, 6.07) is 19.3. The van der Waals surface area contributed by atoms with Crippen molar-refractivity contribution < 1.29 is 4.79 Å². The predicted molar refractivity (Wildman–Crippen MR) is 120 cm³/mol. The largest absolute Gasteiger partial charge is 0.343 e. The van der Waals surface area contributed by atoms with Crippen molar-refractivity contribution in [2.45, 2.75) is 45.3 Å². The van der Waals surface area contributed by atoms with Gasteiger partial charge in [-0.05, 0) is 37.3 Å². The molecule has 30 heavy (non-hydrogen) atoms. The van der Waals surface area contributed by atoms with Gasteiger partial charge in [-0.15, -0.1) is 0 Å². The number of rotatable bonds is 6. The third kappa shape index (κ3) is 4.46. The molecule has 0 unspecified atom stereocenters. The highest BCUT2D eigenvalue weighted by molar-refractivity contribution is 5.93. The van der Waals surface area contributed by atoms with Crippen molar-refractivity contribution in [2.75, 3.05) is 14.1 Å². The van der Waals surface area contributed by atoms with Crippen molar-refractivity contribution >= 4 is 5.91 Å². The summed E-state index contributed by atoms with van der Waals surface area (Å²) >= 11 is 0. The van der Waals surface area contributed by atoms with Gasteiger partial charge in [-0.25, -0.2) is 0 Å². The quantitative estimate of drug-likeness (QED) is 0.686. The van der Waals surface area contributed by atoms with E-state index in [0.29, 0.717) is 18.3 Å². The molecule has 2 aromatic carbocycles. The SMILES string of the molecule is Cc1cccc(CN[C@@H]2CCc3c(c(C(=O)N(C)C)nn3Cc3ccccc3)C2)c1. The number of carbonyl (C=O) groups is 1. The van der Waals surface area contributed by atoms with Gasteiger partial charge >= 0.3 is 0 Å². The molecule has 1 N–H and O–H groups in total. The molecule has 1 amide bonds. The van der Waals surface area contributed by atoms with Crippen LogP contribution in [0.3, 0.4) is 0 Å². The Morgan fingerprint density at radius 1 is 1.13 bits per heavy atom. The zero-order valence-electron chi connectivity index (χ0n) is 18.1. The van der Waals surface area contributed by atoms with Crippen LogP contribution in [0.15, 0.2) is 54.6 Å². The van der Waals surface area contributed by atoms with Gasteiger partial charge in [-0.3, -0.25) is 9.48 Å². The van der Waals surface area contributed by atoms with E-state index in [-0.39, 0.29) is 5.91 Å². The van der Waals surface area contributed by atoms with Gasteiger partial charge in [0.05, 0.1) is 6.54 Å². The number of amides is 1. The van der Waals surface area contributed by atoms with Gasteiger partial charge in [0, 0.05) is 37.9 Å². The average Bonchev–Trinajstić information content (AvgIpc) is 3.10. The summed E-state index contributed by atoms with van der Waals surface area (Å²) in [6.45, 7) is 3.67. The first-order valence-corrected chi connectivity index (χ1v) is 10.6. The summed E-state index contributed by atoms with van der Waals surface area (Å²) in [6.07, 6.45) is 2.82. The van der Waals surface area contributed by atoms with E-state index in [1.165, 1.54) is 22.4 Å². The van der Waals surface area contributed by atoms with Crippen molar-refractivity contribution in [3.05, 3.63) is 88.2 Å².